The number of piperidine rings is 1. The summed E-state index contributed by atoms with van der Waals surface area (Å²) in [5, 5.41) is 2.63. The molecule has 0 aliphatic carbocycles. The Morgan fingerprint density at radius 3 is 2.52 bits per heavy atom. The third-order valence-electron chi connectivity index (χ3n) is 3.64. The van der Waals surface area contributed by atoms with Crippen LogP contribution in [0.15, 0.2) is 0 Å². The number of nitrogens with zero attached hydrogens (tertiary/aromatic N) is 1. The molecular formula is C13H24N2O5S. The number of methoxy groups -OCH3 is 1. The van der Waals surface area contributed by atoms with Gasteiger partial charge >= 0.3 is 5.97 Å². The van der Waals surface area contributed by atoms with E-state index in [2.05, 4.69) is 10.1 Å². The maximum Gasteiger partial charge on any atom is 0.330 e. The van der Waals surface area contributed by atoms with Crippen LogP contribution in [0.1, 0.15) is 33.6 Å². The predicted octanol–water partition coefficient (Wildman–Crippen LogP) is 0.116. The van der Waals surface area contributed by atoms with Crippen molar-refractivity contribution in [1.29, 1.82) is 0 Å². The molecule has 0 saturated carbocycles. The summed E-state index contributed by atoms with van der Waals surface area (Å²) in [5.41, 5.74) is -1.13. The highest BCUT2D eigenvalue weighted by Crippen LogP contribution is 2.20. The van der Waals surface area contributed by atoms with E-state index in [1.807, 2.05) is 0 Å². The molecule has 1 aliphatic heterocycles. The zero-order chi connectivity index (χ0) is 16.3. The van der Waals surface area contributed by atoms with Gasteiger partial charge in [-0.1, -0.05) is 0 Å². The standard InChI is InChI=1S/C13H24N2O5S/c1-5-21(18,19)15-8-6-7-10(9-15)11(16)14-13(2,3)12(17)20-4/h10H,5-9H2,1-4H3,(H,14,16). The van der Waals surface area contributed by atoms with Gasteiger partial charge in [-0.2, -0.15) is 0 Å². The Kier molecular flexibility index (Phi) is 5.75. The van der Waals surface area contributed by atoms with Gasteiger partial charge in [-0.15, -0.1) is 0 Å². The van der Waals surface area contributed by atoms with Crippen LogP contribution in [-0.4, -0.2) is 56.1 Å². The molecular weight excluding hydrogens is 296 g/mol. The van der Waals surface area contributed by atoms with Crippen LogP contribution in [-0.2, 0) is 24.3 Å². The number of ether oxygens (including phenoxy) is 1. The molecule has 0 spiro atoms. The average molecular weight is 320 g/mol. The second kappa shape index (κ2) is 6.74. The lowest BCUT2D eigenvalue weighted by Crippen LogP contribution is -2.54. The number of hydrogen-bond acceptors (Lipinski definition) is 5. The van der Waals surface area contributed by atoms with Crippen molar-refractivity contribution in [3.8, 4) is 0 Å². The third kappa shape index (κ3) is 4.41. The summed E-state index contributed by atoms with van der Waals surface area (Å²) in [4.78, 5) is 23.8. The Bertz CT molecular complexity index is 501. The van der Waals surface area contributed by atoms with Crippen LogP contribution in [0, 0.1) is 5.92 Å². The van der Waals surface area contributed by atoms with Gasteiger partial charge in [-0.25, -0.2) is 17.5 Å². The van der Waals surface area contributed by atoms with E-state index < -0.39 is 27.4 Å². The SMILES string of the molecule is CCS(=O)(=O)N1CCCC(C(=O)NC(C)(C)C(=O)OC)C1. The summed E-state index contributed by atoms with van der Waals surface area (Å²) < 4.78 is 29.8. The highest BCUT2D eigenvalue weighted by atomic mass is 32.2. The maximum absolute atomic E-state index is 12.3. The number of amides is 1. The monoisotopic (exact) mass is 320 g/mol. The second-order valence-electron chi connectivity index (χ2n) is 5.70. The van der Waals surface area contributed by atoms with Crippen LogP contribution in [0.4, 0.5) is 0 Å². The van der Waals surface area contributed by atoms with Gasteiger partial charge in [0.25, 0.3) is 0 Å². The second-order valence-corrected chi connectivity index (χ2v) is 7.96. The maximum atomic E-state index is 12.3. The van der Waals surface area contributed by atoms with Crippen molar-refractivity contribution in [3.05, 3.63) is 0 Å². The summed E-state index contributed by atoms with van der Waals surface area (Å²) in [6.07, 6.45) is 1.24. The summed E-state index contributed by atoms with van der Waals surface area (Å²) >= 11 is 0. The molecule has 1 atom stereocenters. The molecule has 1 rings (SSSR count). The Morgan fingerprint density at radius 1 is 1.38 bits per heavy atom. The Morgan fingerprint density at radius 2 is 2.00 bits per heavy atom. The minimum absolute atomic E-state index is 0.0228. The van der Waals surface area contributed by atoms with Gasteiger partial charge in [0.05, 0.1) is 18.8 Å². The topological polar surface area (TPSA) is 92.8 Å². The van der Waals surface area contributed by atoms with E-state index in [0.29, 0.717) is 19.4 Å². The Labute approximate surface area is 126 Å². The van der Waals surface area contributed by atoms with E-state index in [9.17, 15) is 18.0 Å². The van der Waals surface area contributed by atoms with Crippen LogP contribution in [0.25, 0.3) is 0 Å². The van der Waals surface area contributed by atoms with Crippen molar-refractivity contribution in [2.75, 3.05) is 26.0 Å². The highest BCUT2D eigenvalue weighted by Gasteiger charge is 2.36. The normalized spacial score (nSPS) is 20.9. The summed E-state index contributed by atoms with van der Waals surface area (Å²) in [5.74, 6) is -1.27. The van der Waals surface area contributed by atoms with E-state index in [4.69, 9.17) is 0 Å². The molecule has 0 bridgehead atoms. The fourth-order valence-corrected chi connectivity index (χ4v) is 3.49. The number of nitrogens with one attached hydrogen (secondary N) is 1. The number of esters is 1. The fraction of sp³-hybridized carbons (Fsp3) is 0.846. The van der Waals surface area contributed by atoms with Gasteiger partial charge in [-0.05, 0) is 33.6 Å². The first-order valence-corrected chi connectivity index (χ1v) is 8.63. The van der Waals surface area contributed by atoms with E-state index >= 15 is 0 Å². The minimum atomic E-state index is -3.29. The Balaban J connectivity index is 2.73. The van der Waals surface area contributed by atoms with Crippen molar-refractivity contribution in [2.45, 2.75) is 39.2 Å². The summed E-state index contributed by atoms with van der Waals surface area (Å²) in [6.45, 7) is 5.30. The Hall–Kier alpha value is -1.15. The lowest BCUT2D eigenvalue weighted by molar-refractivity contribution is -0.150. The van der Waals surface area contributed by atoms with Crippen molar-refractivity contribution in [2.24, 2.45) is 5.92 Å². The van der Waals surface area contributed by atoms with Gasteiger partial charge in [0.2, 0.25) is 15.9 Å². The predicted molar refractivity (Wildman–Crippen MR) is 78.0 cm³/mol. The van der Waals surface area contributed by atoms with Gasteiger partial charge < -0.3 is 10.1 Å². The molecule has 0 aromatic heterocycles. The van der Waals surface area contributed by atoms with E-state index in [1.54, 1.807) is 20.8 Å². The van der Waals surface area contributed by atoms with Crippen molar-refractivity contribution in [1.82, 2.24) is 9.62 Å². The number of rotatable bonds is 5. The van der Waals surface area contributed by atoms with Crippen LogP contribution in [0.5, 0.6) is 0 Å². The summed E-state index contributed by atoms with van der Waals surface area (Å²) in [6, 6.07) is 0. The first-order chi connectivity index (χ1) is 9.64. The lowest BCUT2D eigenvalue weighted by Gasteiger charge is -2.33. The van der Waals surface area contributed by atoms with Gasteiger partial charge in [0.15, 0.2) is 0 Å². The molecule has 1 saturated heterocycles. The molecule has 7 nitrogen and oxygen atoms in total. The van der Waals surface area contributed by atoms with Crippen molar-refractivity contribution < 1.29 is 22.7 Å². The van der Waals surface area contributed by atoms with Crippen molar-refractivity contribution in [3.63, 3.8) is 0 Å². The number of carbonyl (C=O) groups is 2. The molecule has 1 N–H and O–H groups in total. The zero-order valence-corrected chi connectivity index (χ0v) is 13.8. The largest absolute Gasteiger partial charge is 0.467 e. The molecule has 1 heterocycles. The smallest absolute Gasteiger partial charge is 0.330 e. The molecule has 1 unspecified atom stereocenters. The summed E-state index contributed by atoms with van der Waals surface area (Å²) in [7, 11) is -2.03. The lowest BCUT2D eigenvalue weighted by atomic mass is 9.96. The highest BCUT2D eigenvalue weighted by molar-refractivity contribution is 7.89. The van der Waals surface area contributed by atoms with Crippen LogP contribution in [0.3, 0.4) is 0 Å². The number of sulfonamides is 1. The molecule has 122 valence electrons. The van der Waals surface area contributed by atoms with Gasteiger partial charge in [0.1, 0.15) is 5.54 Å². The minimum Gasteiger partial charge on any atom is -0.467 e. The molecule has 0 aromatic carbocycles. The third-order valence-corrected chi connectivity index (χ3v) is 5.49. The first-order valence-electron chi connectivity index (χ1n) is 7.02. The van der Waals surface area contributed by atoms with E-state index in [0.717, 1.165) is 0 Å². The zero-order valence-electron chi connectivity index (χ0n) is 13.0. The molecule has 21 heavy (non-hydrogen) atoms. The number of hydrogen-bond donors (Lipinski definition) is 1. The molecule has 0 radical (unpaired) electrons. The van der Waals surface area contributed by atoms with Gasteiger partial charge in [0, 0.05) is 13.1 Å². The molecule has 1 amide bonds. The average Bonchev–Trinajstić information content (AvgIpc) is 2.45. The molecule has 8 heteroatoms. The van der Waals surface area contributed by atoms with Crippen molar-refractivity contribution >= 4 is 21.9 Å². The molecule has 1 aliphatic rings. The van der Waals surface area contributed by atoms with Crippen LogP contribution in [0.2, 0.25) is 0 Å². The van der Waals surface area contributed by atoms with E-state index in [1.165, 1.54) is 11.4 Å². The van der Waals surface area contributed by atoms with Gasteiger partial charge in [-0.3, -0.25) is 4.79 Å². The number of carbonyl (C=O) groups excluding carboxylic acids is 2. The fourth-order valence-electron chi connectivity index (χ4n) is 2.31. The molecule has 0 aromatic rings. The van der Waals surface area contributed by atoms with Crippen LogP contribution < -0.4 is 5.32 Å². The van der Waals surface area contributed by atoms with Crippen LogP contribution >= 0.6 is 0 Å². The first kappa shape index (κ1) is 17.9. The van der Waals surface area contributed by atoms with E-state index in [-0.39, 0.29) is 18.2 Å². The quantitative estimate of drug-likeness (QED) is 0.726. The molecule has 1 fully saturated rings.